The number of carboxylic acids is 1. The van der Waals surface area contributed by atoms with E-state index in [1.54, 1.807) is 23.5 Å². The first-order valence-corrected chi connectivity index (χ1v) is 14.2. The minimum Gasteiger partial charge on any atom is -0.478 e. The highest BCUT2D eigenvalue weighted by Gasteiger charge is 2.15. The molecule has 5 rings (SSSR count). The molecule has 1 saturated carbocycles. The molecule has 5 nitrogen and oxygen atoms in total. The van der Waals surface area contributed by atoms with Gasteiger partial charge in [0, 0.05) is 43.8 Å². The molecule has 0 radical (unpaired) electrons. The summed E-state index contributed by atoms with van der Waals surface area (Å²) in [6, 6.07) is 24.9. The Labute approximate surface area is 229 Å². The van der Waals surface area contributed by atoms with Crippen LogP contribution in [-0.2, 0) is 13.1 Å². The van der Waals surface area contributed by atoms with Crippen LogP contribution in [0.5, 0.6) is 0 Å². The fraction of sp³-hybridized carbons (Fsp3) is 0.312. The number of thiazole rings is 1. The topological polar surface area (TPSA) is 56.7 Å². The number of rotatable bonds is 9. The summed E-state index contributed by atoms with van der Waals surface area (Å²) in [5.41, 5.74) is 7.43. The molecule has 1 heterocycles. The van der Waals surface area contributed by atoms with Crippen molar-refractivity contribution in [2.24, 2.45) is 0 Å². The van der Waals surface area contributed by atoms with E-state index in [9.17, 15) is 4.79 Å². The van der Waals surface area contributed by atoms with Crippen molar-refractivity contribution in [3.8, 4) is 11.3 Å². The monoisotopic (exact) mass is 525 g/mol. The average Bonchev–Trinajstić information content (AvgIpc) is 3.45. The number of hydrogen-bond acceptors (Lipinski definition) is 5. The standard InChI is InChI=1S/C32H35N3O2S/c1-34(20-23-8-12-26(13-9-23)25-6-4-3-5-7-25)29-18-16-27(17-19-29)30-22-38-32(33-30)35(2)21-24-10-14-28(15-11-24)31(36)37/h8-19,22,25H,3-7,20-21H2,1-2H3,(H,36,37). The van der Waals surface area contributed by atoms with Gasteiger partial charge in [0.15, 0.2) is 5.13 Å². The van der Waals surface area contributed by atoms with Crippen molar-refractivity contribution in [1.82, 2.24) is 4.98 Å². The summed E-state index contributed by atoms with van der Waals surface area (Å²) in [4.78, 5) is 20.3. The van der Waals surface area contributed by atoms with E-state index in [4.69, 9.17) is 10.1 Å². The first-order valence-electron chi connectivity index (χ1n) is 13.4. The van der Waals surface area contributed by atoms with E-state index in [-0.39, 0.29) is 0 Å². The molecule has 1 aliphatic carbocycles. The van der Waals surface area contributed by atoms with Gasteiger partial charge in [0.25, 0.3) is 0 Å². The molecule has 0 unspecified atom stereocenters. The van der Waals surface area contributed by atoms with Gasteiger partial charge < -0.3 is 14.9 Å². The van der Waals surface area contributed by atoms with Crippen molar-refractivity contribution in [3.63, 3.8) is 0 Å². The molecule has 3 aromatic carbocycles. The minimum atomic E-state index is -0.907. The number of carbonyl (C=O) groups is 1. The van der Waals surface area contributed by atoms with Crippen LogP contribution < -0.4 is 9.80 Å². The SMILES string of the molecule is CN(Cc1ccc(C2CCCCC2)cc1)c1ccc(-c2csc(N(C)Cc3ccc(C(=O)O)cc3)n2)cc1. The van der Waals surface area contributed by atoms with E-state index in [0.717, 1.165) is 34.4 Å². The molecule has 0 bridgehead atoms. The molecule has 0 amide bonds. The second kappa shape index (κ2) is 11.8. The molecule has 0 aliphatic heterocycles. The largest absolute Gasteiger partial charge is 0.478 e. The zero-order valence-corrected chi connectivity index (χ0v) is 23.0. The van der Waals surface area contributed by atoms with Gasteiger partial charge in [-0.1, -0.05) is 67.8 Å². The van der Waals surface area contributed by atoms with Crippen molar-refractivity contribution >= 4 is 28.1 Å². The lowest BCUT2D eigenvalue weighted by Gasteiger charge is -2.23. The van der Waals surface area contributed by atoms with Gasteiger partial charge in [-0.05, 0) is 59.7 Å². The maximum absolute atomic E-state index is 11.1. The van der Waals surface area contributed by atoms with Crippen LogP contribution in [0.2, 0.25) is 0 Å². The summed E-state index contributed by atoms with van der Waals surface area (Å²) in [5.74, 6) is -0.158. The van der Waals surface area contributed by atoms with Gasteiger partial charge >= 0.3 is 5.97 Å². The number of aromatic carboxylic acids is 1. The highest BCUT2D eigenvalue weighted by molar-refractivity contribution is 7.14. The van der Waals surface area contributed by atoms with Gasteiger partial charge in [0.1, 0.15) is 0 Å². The molecule has 1 fully saturated rings. The Morgan fingerprint density at radius 2 is 1.45 bits per heavy atom. The predicted molar refractivity (Wildman–Crippen MR) is 157 cm³/mol. The maximum Gasteiger partial charge on any atom is 0.335 e. The van der Waals surface area contributed by atoms with Crippen LogP contribution >= 0.6 is 11.3 Å². The Kier molecular flexibility index (Phi) is 8.08. The number of anilines is 2. The summed E-state index contributed by atoms with van der Waals surface area (Å²) >= 11 is 1.61. The minimum absolute atomic E-state index is 0.301. The molecule has 196 valence electrons. The van der Waals surface area contributed by atoms with Crippen LogP contribution in [0.25, 0.3) is 11.3 Å². The Morgan fingerprint density at radius 3 is 2.08 bits per heavy atom. The van der Waals surface area contributed by atoms with E-state index in [2.05, 4.69) is 70.8 Å². The Hall–Kier alpha value is -3.64. The lowest BCUT2D eigenvalue weighted by molar-refractivity contribution is 0.0697. The third kappa shape index (κ3) is 6.25. The third-order valence-electron chi connectivity index (χ3n) is 7.52. The van der Waals surface area contributed by atoms with Crippen LogP contribution in [-0.4, -0.2) is 30.2 Å². The Bertz CT molecular complexity index is 1340. The lowest BCUT2D eigenvalue weighted by Crippen LogP contribution is -2.16. The maximum atomic E-state index is 11.1. The molecule has 6 heteroatoms. The number of hydrogen-bond donors (Lipinski definition) is 1. The van der Waals surface area contributed by atoms with Crippen molar-refractivity contribution in [3.05, 3.63) is 100 Å². The first-order chi connectivity index (χ1) is 18.5. The van der Waals surface area contributed by atoms with Crippen LogP contribution in [0, 0.1) is 0 Å². The zero-order valence-electron chi connectivity index (χ0n) is 22.1. The number of aromatic nitrogens is 1. The van der Waals surface area contributed by atoms with E-state index >= 15 is 0 Å². The third-order valence-corrected chi connectivity index (χ3v) is 8.47. The summed E-state index contributed by atoms with van der Waals surface area (Å²) in [7, 11) is 4.15. The molecule has 4 aromatic rings. The number of benzene rings is 3. The highest BCUT2D eigenvalue weighted by atomic mass is 32.1. The fourth-order valence-electron chi connectivity index (χ4n) is 5.25. The molecule has 38 heavy (non-hydrogen) atoms. The van der Waals surface area contributed by atoms with Gasteiger partial charge in [0.2, 0.25) is 0 Å². The molecule has 1 aliphatic rings. The van der Waals surface area contributed by atoms with Gasteiger partial charge in [0.05, 0.1) is 11.3 Å². The van der Waals surface area contributed by atoms with E-state index in [0.29, 0.717) is 12.1 Å². The Balaban J connectivity index is 1.18. The van der Waals surface area contributed by atoms with Crippen molar-refractivity contribution in [2.45, 2.75) is 51.1 Å². The van der Waals surface area contributed by atoms with Crippen molar-refractivity contribution < 1.29 is 9.90 Å². The van der Waals surface area contributed by atoms with Crippen LogP contribution in [0.3, 0.4) is 0 Å². The second-order valence-corrected chi connectivity index (χ2v) is 11.2. The quantitative estimate of drug-likeness (QED) is 0.241. The highest BCUT2D eigenvalue weighted by Crippen LogP contribution is 2.33. The molecule has 0 spiro atoms. The molecular formula is C32H35N3O2S. The summed E-state index contributed by atoms with van der Waals surface area (Å²) in [6.07, 6.45) is 6.81. The van der Waals surface area contributed by atoms with Gasteiger partial charge in [-0.3, -0.25) is 0 Å². The number of nitrogens with zero attached hydrogens (tertiary/aromatic N) is 3. The van der Waals surface area contributed by atoms with Crippen molar-refractivity contribution in [1.29, 1.82) is 0 Å². The summed E-state index contributed by atoms with van der Waals surface area (Å²) in [6.45, 7) is 1.54. The van der Waals surface area contributed by atoms with E-state index in [1.165, 1.54) is 48.9 Å². The fourth-order valence-corrected chi connectivity index (χ4v) is 6.05. The lowest BCUT2D eigenvalue weighted by atomic mass is 9.84. The normalized spacial score (nSPS) is 13.8. The van der Waals surface area contributed by atoms with Crippen LogP contribution in [0.15, 0.2) is 78.2 Å². The zero-order chi connectivity index (χ0) is 26.5. The van der Waals surface area contributed by atoms with Crippen LogP contribution in [0.4, 0.5) is 10.8 Å². The summed E-state index contributed by atoms with van der Waals surface area (Å²) < 4.78 is 0. The Morgan fingerprint density at radius 1 is 0.842 bits per heavy atom. The molecule has 1 N–H and O–H groups in total. The van der Waals surface area contributed by atoms with Gasteiger partial charge in [-0.25, -0.2) is 9.78 Å². The smallest absolute Gasteiger partial charge is 0.335 e. The molecular weight excluding hydrogens is 490 g/mol. The first kappa shape index (κ1) is 26.0. The van der Waals surface area contributed by atoms with Gasteiger partial charge in [-0.2, -0.15) is 0 Å². The predicted octanol–water partition coefficient (Wildman–Crippen LogP) is 7.83. The molecule has 0 atom stereocenters. The van der Waals surface area contributed by atoms with Crippen LogP contribution in [0.1, 0.15) is 65.1 Å². The molecule has 1 aromatic heterocycles. The summed E-state index contributed by atoms with van der Waals surface area (Å²) in [5, 5.41) is 12.1. The van der Waals surface area contributed by atoms with Gasteiger partial charge in [-0.15, -0.1) is 11.3 Å². The molecule has 0 saturated heterocycles. The number of carboxylic acid groups (broad SMARTS) is 1. The average molecular weight is 526 g/mol. The van der Waals surface area contributed by atoms with E-state index < -0.39 is 5.97 Å². The second-order valence-electron chi connectivity index (χ2n) is 10.4. The van der Waals surface area contributed by atoms with E-state index in [1.807, 2.05) is 19.2 Å². The van der Waals surface area contributed by atoms with Crippen molar-refractivity contribution in [2.75, 3.05) is 23.9 Å².